The number of likely N-dealkylation sites (tertiary alicyclic amines) is 1. The molecule has 1 rings (SSSR count). The van der Waals surface area contributed by atoms with Gasteiger partial charge >= 0.3 is 0 Å². The van der Waals surface area contributed by atoms with E-state index >= 15 is 0 Å². The van der Waals surface area contributed by atoms with Crippen LogP contribution in [0.25, 0.3) is 0 Å². The highest BCUT2D eigenvalue weighted by Gasteiger charge is 2.35. The monoisotopic (exact) mass is 414 g/mol. The van der Waals surface area contributed by atoms with Crippen molar-refractivity contribution in [3.05, 3.63) is 13.2 Å². The van der Waals surface area contributed by atoms with E-state index < -0.39 is 17.6 Å². The molecule has 7 heteroatoms. The van der Waals surface area contributed by atoms with Crippen LogP contribution in [-0.4, -0.2) is 76.0 Å². The van der Waals surface area contributed by atoms with Crippen LogP contribution in [0.4, 0.5) is 0 Å². The van der Waals surface area contributed by atoms with Crippen LogP contribution in [0, 0.1) is 11.3 Å². The molecule has 0 aromatic heterocycles. The lowest BCUT2D eigenvalue weighted by molar-refractivity contribution is -0.144. The van der Waals surface area contributed by atoms with Crippen LogP contribution in [0.3, 0.4) is 0 Å². The van der Waals surface area contributed by atoms with Crippen LogP contribution in [0.1, 0.15) is 47.0 Å². The Morgan fingerprint density at radius 1 is 1.17 bits per heavy atom. The van der Waals surface area contributed by atoms with Crippen molar-refractivity contribution in [1.82, 2.24) is 10.2 Å². The van der Waals surface area contributed by atoms with E-state index in [0.29, 0.717) is 38.8 Å². The first kappa shape index (κ1) is 27.6. The Morgan fingerprint density at radius 2 is 1.83 bits per heavy atom. The standard InChI is InChI=1S/C20H38N2O5.C2H4/c1-15(27-12-8-11-25-5)17(21-19(24)20(2,3)4)18(23)22-10-7-9-16(13-22)14-26-6;1-2/h15-17H,7-14H2,1-6H3,(H,21,24);1-2H2. The average molecular weight is 415 g/mol. The van der Waals surface area contributed by atoms with Gasteiger partial charge in [0.05, 0.1) is 12.7 Å². The molecule has 0 spiro atoms. The predicted molar refractivity (Wildman–Crippen MR) is 116 cm³/mol. The molecule has 170 valence electrons. The van der Waals surface area contributed by atoms with Gasteiger partial charge in [0, 0.05) is 45.9 Å². The third kappa shape index (κ3) is 10.2. The first-order valence-corrected chi connectivity index (χ1v) is 10.4. The maximum absolute atomic E-state index is 13.2. The van der Waals surface area contributed by atoms with Crippen LogP contribution in [0.2, 0.25) is 0 Å². The smallest absolute Gasteiger partial charge is 0.247 e. The van der Waals surface area contributed by atoms with Crippen molar-refractivity contribution < 1.29 is 23.8 Å². The fourth-order valence-corrected chi connectivity index (χ4v) is 3.14. The first-order chi connectivity index (χ1) is 13.7. The number of piperidine rings is 1. The van der Waals surface area contributed by atoms with Gasteiger partial charge in [-0.05, 0) is 32.1 Å². The molecule has 0 saturated carbocycles. The Morgan fingerprint density at radius 3 is 2.38 bits per heavy atom. The van der Waals surface area contributed by atoms with Gasteiger partial charge in [0.1, 0.15) is 6.04 Å². The predicted octanol–water partition coefficient (Wildman–Crippen LogP) is 2.65. The molecule has 0 radical (unpaired) electrons. The molecule has 1 saturated heterocycles. The third-order valence-electron chi connectivity index (χ3n) is 4.81. The number of methoxy groups -OCH3 is 2. The molecular formula is C22H42N2O5. The largest absolute Gasteiger partial charge is 0.385 e. The SMILES string of the molecule is C=C.COCCCOC(C)C(NC(=O)C(C)(C)C)C(=O)N1CCCC(COC)C1. The number of nitrogens with one attached hydrogen (secondary N) is 1. The quantitative estimate of drug-likeness (QED) is 0.439. The lowest BCUT2D eigenvalue weighted by Crippen LogP contribution is -2.57. The summed E-state index contributed by atoms with van der Waals surface area (Å²) in [4.78, 5) is 27.6. The van der Waals surface area contributed by atoms with E-state index in [-0.39, 0.29) is 11.8 Å². The molecule has 1 N–H and O–H groups in total. The van der Waals surface area contributed by atoms with Crippen LogP contribution in [-0.2, 0) is 23.8 Å². The minimum atomic E-state index is -0.694. The fraction of sp³-hybridized carbons (Fsp3) is 0.818. The number of amides is 2. The highest BCUT2D eigenvalue weighted by molar-refractivity contribution is 5.90. The van der Waals surface area contributed by atoms with E-state index in [4.69, 9.17) is 14.2 Å². The topological polar surface area (TPSA) is 77.1 Å². The van der Waals surface area contributed by atoms with Gasteiger partial charge in [-0.25, -0.2) is 0 Å². The molecule has 0 aromatic carbocycles. The van der Waals surface area contributed by atoms with Crippen LogP contribution < -0.4 is 5.32 Å². The van der Waals surface area contributed by atoms with E-state index in [2.05, 4.69) is 18.5 Å². The van der Waals surface area contributed by atoms with Gasteiger partial charge in [0.2, 0.25) is 11.8 Å². The fourth-order valence-electron chi connectivity index (χ4n) is 3.14. The van der Waals surface area contributed by atoms with E-state index in [1.165, 1.54) is 0 Å². The second kappa shape index (κ2) is 14.5. The summed E-state index contributed by atoms with van der Waals surface area (Å²) in [7, 11) is 3.33. The number of hydrogen-bond donors (Lipinski definition) is 1. The molecule has 1 heterocycles. The molecule has 0 bridgehead atoms. The molecule has 3 atom stereocenters. The zero-order chi connectivity index (χ0) is 22.4. The minimum absolute atomic E-state index is 0.0763. The van der Waals surface area contributed by atoms with E-state index in [1.807, 2.05) is 32.6 Å². The summed E-state index contributed by atoms with van der Waals surface area (Å²) in [5, 5.41) is 2.92. The van der Waals surface area contributed by atoms with Gasteiger partial charge in [-0.2, -0.15) is 0 Å². The van der Waals surface area contributed by atoms with Crippen molar-refractivity contribution in [2.45, 2.75) is 59.1 Å². The number of carbonyl (C=O) groups is 2. The van der Waals surface area contributed by atoms with E-state index in [0.717, 1.165) is 19.3 Å². The van der Waals surface area contributed by atoms with Crippen LogP contribution in [0.15, 0.2) is 13.2 Å². The normalized spacial score (nSPS) is 19.0. The van der Waals surface area contributed by atoms with Crippen molar-refractivity contribution >= 4 is 11.8 Å². The molecule has 2 amide bonds. The highest BCUT2D eigenvalue weighted by Crippen LogP contribution is 2.20. The summed E-state index contributed by atoms with van der Waals surface area (Å²) in [5.74, 6) is 0.107. The Labute approximate surface area is 177 Å². The van der Waals surface area contributed by atoms with Gasteiger partial charge in [-0.15, -0.1) is 13.2 Å². The van der Waals surface area contributed by atoms with Crippen molar-refractivity contribution in [3.8, 4) is 0 Å². The minimum Gasteiger partial charge on any atom is -0.385 e. The first-order valence-electron chi connectivity index (χ1n) is 10.4. The molecule has 0 aromatic rings. The average Bonchev–Trinajstić information content (AvgIpc) is 2.70. The third-order valence-corrected chi connectivity index (χ3v) is 4.81. The zero-order valence-corrected chi connectivity index (χ0v) is 19.3. The lowest BCUT2D eigenvalue weighted by atomic mass is 9.94. The molecule has 0 aliphatic carbocycles. The van der Waals surface area contributed by atoms with Gasteiger partial charge in [-0.3, -0.25) is 9.59 Å². The Balaban J connectivity index is 0.00000379. The maximum Gasteiger partial charge on any atom is 0.247 e. The van der Waals surface area contributed by atoms with Crippen LogP contribution >= 0.6 is 0 Å². The molecule has 1 aliphatic rings. The maximum atomic E-state index is 13.2. The van der Waals surface area contributed by atoms with Gasteiger partial charge in [0.15, 0.2) is 0 Å². The Kier molecular flexibility index (Phi) is 13.8. The molecule has 29 heavy (non-hydrogen) atoms. The van der Waals surface area contributed by atoms with E-state index in [1.54, 1.807) is 14.2 Å². The lowest BCUT2D eigenvalue weighted by Gasteiger charge is -2.37. The Hall–Kier alpha value is -1.44. The Bertz CT molecular complexity index is 476. The second-order valence-corrected chi connectivity index (χ2v) is 8.37. The van der Waals surface area contributed by atoms with Gasteiger partial charge < -0.3 is 24.4 Å². The number of hydrogen-bond acceptors (Lipinski definition) is 5. The second-order valence-electron chi connectivity index (χ2n) is 8.37. The molecule has 7 nitrogen and oxygen atoms in total. The molecule has 1 fully saturated rings. The van der Waals surface area contributed by atoms with Crippen molar-refractivity contribution in [2.75, 3.05) is 47.1 Å². The van der Waals surface area contributed by atoms with Crippen molar-refractivity contribution in [3.63, 3.8) is 0 Å². The van der Waals surface area contributed by atoms with Gasteiger partial charge in [-0.1, -0.05) is 20.8 Å². The van der Waals surface area contributed by atoms with Crippen LogP contribution in [0.5, 0.6) is 0 Å². The van der Waals surface area contributed by atoms with Crippen molar-refractivity contribution in [2.24, 2.45) is 11.3 Å². The molecular weight excluding hydrogens is 372 g/mol. The molecule has 3 unspecified atom stereocenters. The number of ether oxygens (including phenoxy) is 3. The van der Waals surface area contributed by atoms with Crippen molar-refractivity contribution in [1.29, 1.82) is 0 Å². The number of rotatable bonds is 10. The summed E-state index contributed by atoms with van der Waals surface area (Å²) in [6.45, 7) is 16.4. The summed E-state index contributed by atoms with van der Waals surface area (Å²) in [5.41, 5.74) is -0.575. The summed E-state index contributed by atoms with van der Waals surface area (Å²) in [6, 6.07) is -0.694. The molecule has 1 aliphatic heterocycles. The highest BCUT2D eigenvalue weighted by atomic mass is 16.5. The summed E-state index contributed by atoms with van der Waals surface area (Å²) in [6.07, 6.45) is 2.33. The number of carbonyl (C=O) groups excluding carboxylic acids is 2. The summed E-state index contributed by atoms with van der Waals surface area (Å²) < 4.78 is 16.1. The van der Waals surface area contributed by atoms with Gasteiger partial charge in [0.25, 0.3) is 0 Å². The summed E-state index contributed by atoms with van der Waals surface area (Å²) >= 11 is 0. The van der Waals surface area contributed by atoms with E-state index in [9.17, 15) is 9.59 Å². The zero-order valence-electron chi connectivity index (χ0n) is 19.3. The number of nitrogens with zero attached hydrogens (tertiary/aromatic N) is 1.